The summed E-state index contributed by atoms with van der Waals surface area (Å²) in [5.74, 6) is -0.252. The molecular formula is C12H14O3. The van der Waals surface area contributed by atoms with Crippen LogP contribution in [0, 0.1) is 0 Å². The Balaban J connectivity index is 2.74. The normalized spacial score (nSPS) is 10.5. The SMILES string of the molecule is COC(=O)Cc1cccc(C=CCO)c1. The molecule has 1 rings (SSSR count). The lowest BCUT2D eigenvalue weighted by atomic mass is 10.1. The van der Waals surface area contributed by atoms with E-state index in [0.29, 0.717) is 0 Å². The van der Waals surface area contributed by atoms with Gasteiger partial charge in [-0.2, -0.15) is 0 Å². The zero-order valence-corrected chi connectivity index (χ0v) is 8.64. The number of esters is 1. The summed E-state index contributed by atoms with van der Waals surface area (Å²) in [5, 5.41) is 8.62. The van der Waals surface area contributed by atoms with E-state index in [1.165, 1.54) is 7.11 Å². The Morgan fingerprint density at radius 3 is 3.00 bits per heavy atom. The van der Waals surface area contributed by atoms with Crippen LogP contribution in [0.15, 0.2) is 30.3 Å². The molecule has 0 bridgehead atoms. The van der Waals surface area contributed by atoms with Crippen LogP contribution in [0.25, 0.3) is 6.08 Å². The summed E-state index contributed by atoms with van der Waals surface area (Å²) < 4.78 is 4.58. The zero-order chi connectivity index (χ0) is 11.1. The van der Waals surface area contributed by atoms with Crippen molar-refractivity contribution in [3.05, 3.63) is 41.5 Å². The van der Waals surface area contributed by atoms with Crippen molar-refractivity contribution in [2.24, 2.45) is 0 Å². The molecule has 0 spiro atoms. The van der Waals surface area contributed by atoms with Crippen molar-refractivity contribution < 1.29 is 14.6 Å². The van der Waals surface area contributed by atoms with Crippen molar-refractivity contribution in [2.75, 3.05) is 13.7 Å². The van der Waals surface area contributed by atoms with Crippen molar-refractivity contribution in [2.45, 2.75) is 6.42 Å². The van der Waals surface area contributed by atoms with Gasteiger partial charge in [-0.25, -0.2) is 0 Å². The molecule has 3 nitrogen and oxygen atoms in total. The van der Waals surface area contributed by atoms with Crippen molar-refractivity contribution in [1.82, 2.24) is 0 Å². The third-order valence-corrected chi connectivity index (χ3v) is 1.94. The molecular weight excluding hydrogens is 192 g/mol. The topological polar surface area (TPSA) is 46.5 Å². The Kier molecular flexibility index (Phi) is 4.57. The third-order valence-electron chi connectivity index (χ3n) is 1.94. The summed E-state index contributed by atoms with van der Waals surface area (Å²) in [6.45, 7) is 0.0151. The second-order valence-electron chi connectivity index (χ2n) is 3.08. The first-order chi connectivity index (χ1) is 7.26. The highest BCUT2D eigenvalue weighted by Gasteiger charge is 2.02. The lowest BCUT2D eigenvalue weighted by molar-refractivity contribution is -0.139. The molecule has 1 aromatic carbocycles. The van der Waals surface area contributed by atoms with Gasteiger partial charge < -0.3 is 9.84 Å². The number of benzene rings is 1. The summed E-state index contributed by atoms with van der Waals surface area (Å²) in [7, 11) is 1.37. The number of hydrogen-bond donors (Lipinski definition) is 1. The van der Waals surface area contributed by atoms with Crippen LogP contribution in [-0.4, -0.2) is 24.8 Å². The minimum absolute atomic E-state index is 0.0151. The van der Waals surface area contributed by atoms with Crippen LogP contribution in [0.4, 0.5) is 0 Å². The maximum atomic E-state index is 11.0. The van der Waals surface area contributed by atoms with E-state index in [2.05, 4.69) is 4.74 Å². The quantitative estimate of drug-likeness (QED) is 0.757. The lowest BCUT2D eigenvalue weighted by Crippen LogP contribution is -2.04. The van der Waals surface area contributed by atoms with E-state index in [1.807, 2.05) is 24.3 Å². The molecule has 15 heavy (non-hydrogen) atoms. The van der Waals surface area contributed by atoms with Crippen molar-refractivity contribution in [3.8, 4) is 0 Å². The average Bonchev–Trinajstić information content (AvgIpc) is 2.26. The average molecular weight is 206 g/mol. The van der Waals surface area contributed by atoms with Gasteiger partial charge in [0.25, 0.3) is 0 Å². The van der Waals surface area contributed by atoms with Crippen molar-refractivity contribution >= 4 is 12.0 Å². The van der Waals surface area contributed by atoms with Gasteiger partial charge in [0.2, 0.25) is 0 Å². The summed E-state index contributed by atoms with van der Waals surface area (Å²) in [6.07, 6.45) is 3.73. The maximum Gasteiger partial charge on any atom is 0.309 e. The maximum absolute atomic E-state index is 11.0. The summed E-state index contributed by atoms with van der Waals surface area (Å²) >= 11 is 0. The van der Waals surface area contributed by atoms with Crippen LogP contribution in [0.3, 0.4) is 0 Å². The molecule has 0 aliphatic rings. The molecule has 1 aromatic rings. The van der Waals surface area contributed by atoms with E-state index in [0.717, 1.165) is 11.1 Å². The van der Waals surface area contributed by atoms with Gasteiger partial charge >= 0.3 is 5.97 Å². The molecule has 0 saturated carbocycles. The number of methoxy groups -OCH3 is 1. The molecule has 0 atom stereocenters. The Morgan fingerprint density at radius 2 is 2.33 bits per heavy atom. The number of carbonyl (C=O) groups excluding carboxylic acids is 1. The van der Waals surface area contributed by atoms with Crippen molar-refractivity contribution in [3.63, 3.8) is 0 Å². The Bertz CT molecular complexity index is 356. The van der Waals surface area contributed by atoms with Crippen LogP contribution in [-0.2, 0) is 16.0 Å². The van der Waals surface area contributed by atoms with Crippen LogP contribution in [0.2, 0.25) is 0 Å². The molecule has 3 heteroatoms. The first-order valence-electron chi connectivity index (χ1n) is 4.69. The van der Waals surface area contributed by atoms with Gasteiger partial charge in [0.05, 0.1) is 20.1 Å². The summed E-state index contributed by atoms with van der Waals surface area (Å²) in [6, 6.07) is 7.54. The molecule has 0 aromatic heterocycles. The van der Waals surface area contributed by atoms with Gasteiger partial charge in [0.15, 0.2) is 0 Å². The van der Waals surface area contributed by atoms with Gasteiger partial charge in [-0.05, 0) is 11.1 Å². The van der Waals surface area contributed by atoms with E-state index in [4.69, 9.17) is 5.11 Å². The Labute approximate surface area is 89.0 Å². The molecule has 0 radical (unpaired) electrons. The molecule has 0 amide bonds. The standard InChI is InChI=1S/C12H14O3/c1-15-12(14)9-11-5-2-4-10(8-11)6-3-7-13/h2-6,8,13H,7,9H2,1H3. The minimum atomic E-state index is -0.252. The number of carbonyl (C=O) groups is 1. The number of rotatable bonds is 4. The fraction of sp³-hybridized carbons (Fsp3) is 0.250. The molecule has 0 aliphatic heterocycles. The molecule has 1 N–H and O–H groups in total. The van der Waals surface area contributed by atoms with Crippen LogP contribution < -0.4 is 0 Å². The van der Waals surface area contributed by atoms with Gasteiger partial charge in [0.1, 0.15) is 0 Å². The summed E-state index contributed by atoms with van der Waals surface area (Å²) in [5.41, 5.74) is 1.87. The number of hydrogen-bond acceptors (Lipinski definition) is 3. The smallest absolute Gasteiger partial charge is 0.309 e. The largest absolute Gasteiger partial charge is 0.469 e. The van der Waals surface area contributed by atoms with Crippen LogP contribution in [0.5, 0.6) is 0 Å². The highest BCUT2D eigenvalue weighted by molar-refractivity contribution is 5.72. The molecule has 0 fully saturated rings. The highest BCUT2D eigenvalue weighted by atomic mass is 16.5. The minimum Gasteiger partial charge on any atom is -0.469 e. The molecule has 0 heterocycles. The molecule has 0 saturated heterocycles. The monoisotopic (exact) mass is 206 g/mol. The van der Waals surface area contributed by atoms with Crippen LogP contribution in [0.1, 0.15) is 11.1 Å². The number of aliphatic hydroxyl groups is 1. The number of ether oxygens (including phenoxy) is 1. The lowest BCUT2D eigenvalue weighted by Gasteiger charge is -2.01. The first-order valence-corrected chi connectivity index (χ1v) is 4.69. The first kappa shape index (κ1) is 11.5. The third kappa shape index (κ3) is 3.95. The molecule has 0 aliphatic carbocycles. The van der Waals surface area contributed by atoms with Gasteiger partial charge in [-0.15, -0.1) is 0 Å². The Morgan fingerprint density at radius 1 is 1.53 bits per heavy atom. The molecule has 0 unspecified atom stereocenters. The van der Waals surface area contributed by atoms with E-state index in [9.17, 15) is 4.79 Å². The van der Waals surface area contributed by atoms with Gasteiger partial charge in [-0.3, -0.25) is 4.79 Å². The highest BCUT2D eigenvalue weighted by Crippen LogP contribution is 2.08. The predicted molar refractivity (Wildman–Crippen MR) is 58.3 cm³/mol. The predicted octanol–water partition coefficient (Wildman–Crippen LogP) is 1.41. The van der Waals surface area contributed by atoms with E-state index < -0.39 is 0 Å². The second-order valence-corrected chi connectivity index (χ2v) is 3.08. The number of aliphatic hydroxyl groups excluding tert-OH is 1. The summed E-state index contributed by atoms with van der Waals surface area (Å²) in [4.78, 5) is 11.0. The molecule has 80 valence electrons. The van der Waals surface area contributed by atoms with Gasteiger partial charge in [0, 0.05) is 0 Å². The van der Waals surface area contributed by atoms with Crippen molar-refractivity contribution in [1.29, 1.82) is 0 Å². The van der Waals surface area contributed by atoms with E-state index in [-0.39, 0.29) is 19.0 Å². The van der Waals surface area contributed by atoms with Crippen LogP contribution >= 0.6 is 0 Å². The van der Waals surface area contributed by atoms with E-state index >= 15 is 0 Å². The second kappa shape index (κ2) is 5.98. The fourth-order valence-corrected chi connectivity index (χ4v) is 1.23. The van der Waals surface area contributed by atoms with E-state index in [1.54, 1.807) is 12.2 Å². The van der Waals surface area contributed by atoms with Gasteiger partial charge in [-0.1, -0.05) is 36.4 Å². The Hall–Kier alpha value is -1.61. The fourth-order valence-electron chi connectivity index (χ4n) is 1.23. The zero-order valence-electron chi connectivity index (χ0n) is 8.64.